The molecule has 0 spiro atoms. The zero-order valence-electron chi connectivity index (χ0n) is 12.7. The van der Waals surface area contributed by atoms with Gasteiger partial charge >= 0.3 is 0 Å². The Morgan fingerprint density at radius 2 is 2.00 bits per heavy atom. The third kappa shape index (κ3) is 2.96. The van der Waals surface area contributed by atoms with Crippen LogP contribution in [0.5, 0.6) is 0 Å². The van der Waals surface area contributed by atoms with Crippen LogP contribution in [0.4, 0.5) is 0 Å². The zero-order chi connectivity index (χ0) is 16.2. The molecule has 6 nitrogen and oxygen atoms in total. The summed E-state index contributed by atoms with van der Waals surface area (Å²) in [5.41, 5.74) is 1.10. The summed E-state index contributed by atoms with van der Waals surface area (Å²) in [5.74, 6) is -0.409. The van der Waals surface area contributed by atoms with E-state index in [1.54, 1.807) is 24.5 Å². The van der Waals surface area contributed by atoms with Gasteiger partial charge in [-0.2, -0.15) is 0 Å². The Labute approximate surface area is 132 Å². The summed E-state index contributed by atoms with van der Waals surface area (Å²) < 4.78 is 1.50. The number of nitrogens with one attached hydrogen (secondary N) is 1. The van der Waals surface area contributed by atoms with Crippen molar-refractivity contribution < 1.29 is 4.79 Å². The molecule has 116 valence electrons. The lowest BCUT2D eigenvalue weighted by atomic mass is 10.2. The van der Waals surface area contributed by atoms with Crippen molar-refractivity contribution in [3.63, 3.8) is 0 Å². The molecule has 1 amide bonds. The number of aryl methyl sites for hydroxylation is 1. The van der Waals surface area contributed by atoms with Crippen molar-refractivity contribution >= 4 is 16.9 Å². The average molecular weight is 308 g/mol. The van der Waals surface area contributed by atoms with Crippen LogP contribution in [0.15, 0.2) is 53.6 Å². The maximum atomic E-state index is 12.5. The molecule has 0 bridgehead atoms. The lowest BCUT2D eigenvalue weighted by Crippen LogP contribution is -2.33. The van der Waals surface area contributed by atoms with Gasteiger partial charge in [0.05, 0.1) is 12.2 Å². The van der Waals surface area contributed by atoms with Gasteiger partial charge in [0.1, 0.15) is 11.2 Å². The molecule has 0 fully saturated rings. The summed E-state index contributed by atoms with van der Waals surface area (Å²) in [7, 11) is 0. The number of nitrogens with zero attached hydrogens (tertiary/aromatic N) is 3. The van der Waals surface area contributed by atoms with Crippen molar-refractivity contribution in [2.75, 3.05) is 0 Å². The number of hydrogen-bond acceptors (Lipinski definition) is 4. The van der Waals surface area contributed by atoms with Crippen LogP contribution in [0.3, 0.4) is 0 Å². The maximum Gasteiger partial charge on any atom is 0.265 e. The topological polar surface area (TPSA) is 76.9 Å². The third-order valence-corrected chi connectivity index (χ3v) is 3.57. The molecule has 3 aromatic heterocycles. The Morgan fingerprint density at radius 1 is 1.17 bits per heavy atom. The van der Waals surface area contributed by atoms with E-state index in [9.17, 15) is 9.59 Å². The average Bonchev–Trinajstić information content (AvgIpc) is 2.60. The molecule has 3 heterocycles. The molecule has 3 aromatic rings. The fourth-order valence-electron chi connectivity index (χ4n) is 2.43. The van der Waals surface area contributed by atoms with Gasteiger partial charge < -0.3 is 5.32 Å². The predicted octanol–water partition coefficient (Wildman–Crippen LogP) is 1.74. The van der Waals surface area contributed by atoms with Gasteiger partial charge in [-0.25, -0.2) is 4.98 Å². The van der Waals surface area contributed by atoms with E-state index in [-0.39, 0.29) is 17.7 Å². The molecule has 0 radical (unpaired) electrons. The molecule has 0 aromatic carbocycles. The van der Waals surface area contributed by atoms with Gasteiger partial charge in [-0.15, -0.1) is 0 Å². The number of carbonyl (C=O) groups excluding carboxylic acids is 1. The zero-order valence-corrected chi connectivity index (χ0v) is 12.7. The summed E-state index contributed by atoms with van der Waals surface area (Å²) in [6, 6.07) is 10.7. The van der Waals surface area contributed by atoms with Gasteiger partial charge in [-0.05, 0) is 37.3 Å². The predicted molar refractivity (Wildman–Crippen MR) is 87.1 cm³/mol. The first-order valence-electron chi connectivity index (χ1n) is 7.37. The molecule has 0 saturated heterocycles. The Balaban J connectivity index is 1.94. The van der Waals surface area contributed by atoms with E-state index < -0.39 is 5.91 Å². The molecule has 0 aliphatic carbocycles. The monoisotopic (exact) mass is 308 g/mol. The standard InChI is InChI=1S/C17H16N4O2/c1-2-21-15-12(6-5-9-19-15)10-14(17(21)23)16(22)20-11-13-7-3-4-8-18-13/h3-10H,2,11H2,1H3,(H,20,22). The van der Waals surface area contributed by atoms with E-state index >= 15 is 0 Å². The summed E-state index contributed by atoms with van der Waals surface area (Å²) in [4.78, 5) is 33.3. The number of carbonyl (C=O) groups is 1. The Hall–Kier alpha value is -3.02. The first kappa shape index (κ1) is 14.9. The second-order valence-electron chi connectivity index (χ2n) is 5.03. The largest absolute Gasteiger partial charge is 0.346 e. The SMILES string of the molecule is CCn1c(=O)c(C(=O)NCc2ccccn2)cc2cccnc21. The highest BCUT2D eigenvalue weighted by atomic mass is 16.2. The molecule has 0 atom stereocenters. The minimum Gasteiger partial charge on any atom is -0.346 e. The van der Waals surface area contributed by atoms with Crippen LogP contribution in [0.1, 0.15) is 23.0 Å². The smallest absolute Gasteiger partial charge is 0.265 e. The van der Waals surface area contributed by atoms with E-state index in [0.717, 1.165) is 11.1 Å². The van der Waals surface area contributed by atoms with Crippen molar-refractivity contribution in [2.24, 2.45) is 0 Å². The fraction of sp³-hybridized carbons (Fsp3) is 0.176. The highest BCUT2D eigenvalue weighted by molar-refractivity contribution is 5.96. The van der Waals surface area contributed by atoms with Gasteiger partial charge in [0.25, 0.3) is 11.5 Å². The number of amides is 1. The number of aromatic nitrogens is 3. The van der Waals surface area contributed by atoms with Crippen LogP contribution in [0, 0.1) is 0 Å². The summed E-state index contributed by atoms with van der Waals surface area (Å²) >= 11 is 0. The van der Waals surface area contributed by atoms with E-state index in [4.69, 9.17) is 0 Å². The van der Waals surface area contributed by atoms with E-state index in [2.05, 4.69) is 15.3 Å². The number of pyridine rings is 3. The Kier molecular flexibility index (Phi) is 4.14. The minimum absolute atomic E-state index is 0.114. The molecule has 6 heteroatoms. The number of fused-ring (bicyclic) bond motifs is 1. The molecular formula is C17H16N4O2. The molecular weight excluding hydrogens is 292 g/mol. The molecule has 0 aliphatic rings. The van der Waals surface area contributed by atoms with Crippen LogP contribution in [-0.2, 0) is 13.1 Å². The second kappa shape index (κ2) is 6.39. The highest BCUT2D eigenvalue weighted by Crippen LogP contribution is 2.10. The lowest BCUT2D eigenvalue weighted by molar-refractivity contribution is 0.0948. The number of hydrogen-bond donors (Lipinski definition) is 1. The van der Waals surface area contributed by atoms with Crippen molar-refractivity contribution in [3.05, 3.63) is 70.4 Å². The van der Waals surface area contributed by atoms with Gasteiger partial charge in [-0.1, -0.05) is 6.07 Å². The van der Waals surface area contributed by atoms with Crippen molar-refractivity contribution in [1.82, 2.24) is 19.9 Å². The van der Waals surface area contributed by atoms with Gasteiger partial charge in [-0.3, -0.25) is 19.1 Å². The van der Waals surface area contributed by atoms with Crippen LogP contribution in [-0.4, -0.2) is 20.4 Å². The Bertz CT molecular complexity index is 903. The molecule has 0 saturated carbocycles. The van der Waals surface area contributed by atoms with E-state index in [0.29, 0.717) is 12.2 Å². The van der Waals surface area contributed by atoms with Gasteiger partial charge in [0.2, 0.25) is 0 Å². The molecule has 3 rings (SSSR count). The van der Waals surface area contributed by atoms with E-state index in [1.165, 1.54) is 4.57 Å². The number of rotatable bonds is 4. The highest BCUT2D eigenvalue weighted by Gasteiger charge is 2.15. The van der Waals surface area contributed by atoms with Crippen LogP contribution < -0.4 is 10.9 Å². The minimum atomic E-state index is -0.409. The van der Waals surface area contributed by atoms with Gasteiger partial charge in [0, 0.05) is 24.3 Å². The maximum absolute atomic E-state index is 12.5. The van der Waals surface area contributed by atoms with Crippen molar-refractivity contribution in [1.29, 1.82) is 0 Å². The first-order chi connectivity index (χ1) is 11.2. The summed E-state index contributed by atoms with van der Waals surface area (Å²) in [6.45, 7) is 2.58. The third-order valence-electron chi connectivity index (χ3n) is 3.57. The summed E-state index contributed by atoms with van der Waals surface area (Å²) in [5, 5.41) is 3.50. The van der Waals surface area contributed by atoms with Crippen molar-refractivity contribution in [3.8, 4) is 0 Å². The molecule has 1 N–H and O–H groups in total. The van der Waals surface area contributed by atoms with Crippen LogP contribution in [0.25, 0.3) is 11.0 Å². The van der Waals surface area contributed by atoms with Crippen LogP contribution >= 0.6 is 0 Å². The summed E-state index contributed by atoms with van der Waals surface area (Å²) in [6.07, 6.45) is 3.29. The van der Waals surface area contributed by atoms with E-state index in [1.807, 2.05) is 31.2 Å². The molecule has 23 heavy (non-hydrogen) atoms. The fourth-order valence-corrected chi connectivity index (χ4v) is 2.43. The molecule has 0 unspecified atom stereocenters. The lowest BCUT2D eigenvalue weighted by Gasteiger charge is -2.10. The van der Waals surface area contributed by atoms with Crippen molar-refractivity contribution in [2.45, 2.75) is 20.0 Å². The molecule has 0 aliphatic heterocycles. The quantitative estimate of drug-likeness (QED) is 0.796. The second-order valence-corrected chi connectivity index (χ2v) is 5.03. The normalized spacial score (nSPS) is 10.7. The van der Waals surface area contributed by atoms with Crippen LogP contribution in [0.2, 0.25) is 0 Å². The Morgan fingerprint density at radius 3 is 2.74 bits per heavy atom. The van der Waals surface area contributed by atoms with Gasteiger partial charge in [0.15, 0.2) is 0 Å². The first-order valence-corrected chi connectivity index (χ1v) is 7.37.